The number of allylic oxidation sites excluding steroid dienone is 2. The van der Waals surface area contributed by atoms with E-state index in [0.29, 0.717) is 27.0 Å². The van der Waals surface area contributed by atoms with Gasteiger partial charge in [-0.25, -0.2) is 4.79 Å². The topological polar surface area (TPSA) is 121 Å². The van der Waals surface area contributed by atoms with Crippen molar-refractivity contribution in [3.05, 3.63) is 87.1 Å². The third kappa shape index (κ3) is 6.47. The number of phenols is 1. The molecule has 2 aromatic carbocycles. The van der Waals surface area contributed by atoms with E-state index in [2.05, 4.69) is 23.3 Å². The van der Waals surface area contributed by atoms with Crippen LogP contribution in [0, 0.1) is 18.3 Å². The van der Waals surface area contributed by atoms with Gasteiger partial charge in [-0.1, -0.05) is 48.2 Å². The molecule has 0 radical (unpaired) electrons. The summed E-state index contributed by atoms with van der Waals surface area (Å²) in [6, 6.07) is 12.0. The first-order chi connectivity index (χ1) is 17.7. The van der Waals surface area contributed by atoms with Crippen molar-refractivity contribution in [3.8, 4) is 17.6 Å². The van der Waals surface area contributed by atoms with E-state index in [1.807, 2.05) is 13.0 Å². The van der Waals surface area contributed by atoms with Crippen LogP contribution < -0.4 is 15.4 Å². The van der Waals surface area contributed by atoms with Gasteiger partial charge in [-0.15, -0.1) is 0 Å². The highest BCUT2D eigenvalue weighted by molar-refractivity contribution is 8.03. The lowest BCUT2D eigenvalue weighted by Gasteiger charge is -2.29. The van der Waals surface area contributed by atoms with Crippen LogP contribution in [0.25, 0.3) is 0 Å². The summed E-state index contributed by atoms with van der Waals surface area (Å²) in [7, 11) is 1.41. The Morgan fingerprint density at radius 1 is 1.30 bits per heavy atom. The number of dihydropyridines is 1. The van der Waals surface area contributed by atoms with Crippen LogP contribution in [0.1, 0.15) is 24.0 Å². The number of carbonyl (C=O) groups excluding carboxylic acids is 2. The maximum Gasteiger partial charge on any atom is 0.337 e. The first kappa shape index (κ1) is 27.7. The summed E-state index contributed by atoms with van der Waals surface area (Å²) in [5.41, 5.74) is 2.91. The molecule has 0 saturated carbocycles. The van der Waals surface area contributed by atoms with E-state index in [9.17, 15) is 20.0 Å². The number of thioether (sulfide) groups is 1. The zero-order chi connectivity index (χ0) is 27.1. The first-order valence-corrected chi connectivity index (χ1v) is 12.5. The van der Waals surface area contributed by atoms with Gasteiger partial charge < -0.3 is 25.2 Å². The average Bonchev–Trinajstić information content (AvgIpc) is 2.88. The number of phenolic OH excluding ortho intramolecular Hbond substituents is 1. The fourth-order valence-electron chi connectivity index (χ4n) is 3.72. The van der Waals surface area contributed by atoms with Crippen molar-refractivity contribution in [2.75, 3.05) is 24.8 Å². The molecule has 0 fully saturated rings. The second-order valence-electron chi connectivity index (χ2n) is 8.07. The number of halogens is 1. The number of amides is 1. The SMILES string of the molecule is C=CCOC(=O)C1=C(C)NC(SCC(=O)Nc2ccc(C)c(Cl)c2)=C(C#N)[C@@H]1c1ccc(O)c(OC)c1. The lowest BCUT2D eigenvalue weighted by molar-refractivity contribution is -0.138. The van der Waals surface area contributed by atoms with E-state index >= 15 is 0 Å². The molecule has 3 rings (SSSR count). The number of aryl methyl sites for hydroxylation is 1. The van der Waals surface area contributed by atoms with Crippen molar-refractivity contribution < 1.29 is 24.2 Å². The number of rotatable bonds is 9. The van der Waals surface area contributed by atoms with Gasteiger partial charge in [-0.05, 0) is 49.2 Å². The summed E-state index contributed by atoms with van der Waals surface area (Å²) in [5, 5.41) is 27.1. The molecule has 1 amide bonds. The van der Waals surface area contributed by atoms with E-state index in [1.54, 1.807) is 31.2 Å². The highest BCUT2D eigenvalue weighted by Crippen LogP contribution is 2.43. The third-order valence-corrected chi connectivity index (χ3v) is 6.96. The molecular formula is C27H26ClN3O5S. The number of methoxy groups -OCH3 is 1. The second-order valence-corrected chi connectivity index (χ2v) is 9.46. The molecule has 0 aliphatic carbocycles. The Hall–Kier alpha value is -3.87. The molecule has 3 N–H and O–H groups in total. The quantitative estimate of drug-likeness (QED) is 0.295. The first-order valence-electron chi connectivity index (χ1n) is 11.2. The molecule has 0 spiro atoms. The molecule has 0 unspecified atom stereocenters. The molecule has 0 aromatic heterocycles. The zero-order valence-corrected chi connectivity index (χ0v) is 22.1. The Bertz CT molecular complexity index is 1350. The highest BCUT2D eigenvalue weighted by atomic mass is 35.5. The predicted molar refractivity (Wildman–Crippen MR) is 144 cm³/mol. The van der Waals surface area contributed by atoms with Crippen molar-refractivity contribution in [1.29, 1.82) is 5.26 Å². The Morgan fingerprint density at radius 2 is 2.05 bits per heavy atom. The molecule has 1 aliphatic rings. The number of anilines is 1. The van der Waals surface area contributed by atoms with Crippen LogP contribution in [0.5, 0.6) is 11.5 Å². The molecule has 1 atom stereocenters. The molecule has 1 aliphatic heterocycles. The van der Waals surface area contributed by atoms with Gasteiger partial charge in [0.2, 0.25) is 5.91 Å². The van der Waals surface area contributed by atoms with Crippen LogP contribution in [-0.2, 0) is 14.3 Å². The van der Waals surface area contributed by atoms with E-state index < -0.39 is 11.9 Å². The average molecular weight is 540 g/mol. The van der Waals surface area contributed by atoms with Gasteiger partial charge >= 0.3 is 5.97 Å². The normalized spacial score (nSPS) is 14.9. The van der Waals surface area contributed by atoms with Gasteiger partial charge in [0.1, 0.15) is 6.61 Å². The third-order valence-electron chi connectivity index (χ3n) is 5.54. The van der Waals surface area contributed by atoms with Gasteiger partial charge in [0, 0.05) is 16.4 Å². The maximum atomic E-state index is 13.0. The summed E-state index contributed by atoms with van der Waals surface area (Å²) < 4.78 is 10.5. The minimum atomic E-state index is -0.820. The fourth-order valence-corrected chi connectivity index (χ4v) is 4.79. The maximum absolute atomic E-state index is 13.0. The summed E-state index contributed by atoms with van der Waals surface area (Å²) in [6.45, 7) is 7.12. The largest absolute Gasteiger partial charge is 0.504 e. The Balaban J connectivity index is 1.94. The number of carbonyl (C=O) groups is 2. The zero-order valence-electron chi connectivity index (χ0n) is 20.6. The number of benzene rings is 2. The van der Waals surface area contributed by atoms with Gasteiger partial charge in [0.25, 0.3) is 0 Å². The monoisotopic (exact) mass is 539 g/mol. The summed E-state index contributed by atoms with van der Waals surface area (Å²) >= 11 is 7.27. The number of nitrogens with zero attached hydrogens (tertiary/aromatic N) is 1. The van der Waals surface area contributed by atoms with E-state index in [1.165, 1.54) is 19.3 Å². The summed E-state index contributed by atoms with van der Waals surface area (Å²) in [4.78, 5) is 25.6. The molecule has 192 valence electrons. The van der Waals surface area contributed by atoms with Crippen molar-refractivity contribution >= 4 is 40.9 Å². The van der Waals surface area contributed by atoms with Crippen LogP contribution in [0.3, 0.4) is 0 Å². The van der Waals surface area contributed by atoms with Gasteiger partial charge in [-0.2, -0.15) is 5.26 Å². The van der Waals surface area contributed by atoms with E-state index in [0.717, 1.165) is 17.3 Å². The van der Waals surface area contributed by atoms with Crippen molar-refractivity contribution in [2.45, 2.75) is 19.8 Å². The molecular weight excluding hydrogens is 514 g/mol. The molecule has 37 heavy (non-hydrogen) atoms. The Labute approximate surface area is 224 Å². The lowest BCUT2D eigenvalue weighted by Crippen LogP contribution is -2.29. The number of hydrogen-bond acceptors (Lipinski definition) is 8. The van der Waals surface area contributed by atoms with Crippen LogP contribution in [0.2, 0.25) is 5.02 Å². The lowest BCUT2D eigenvalue weighted by atomic mass is 9.82. The summed E-state index contributed by atoms with van der Waals surface area (Å²) in [5.74, 6) is -1.63. The van der Waals surface area contributed by atoms with E-state index in [-0.39, 0.29) is 40.9 Å². The number of hydrogen-bond donors (Lipinski definition) is 3. The molecule has 0 bridgehead atoms. The minimum absolute atomic E-state index is 0.00234. The van der Waals surface area contributed by atoms with Crippen LogP contribution in [-0.4, -0.2) is 36.5 Å². The van der Waals surface area contributed by atoms with Crippen molar-refractivity contribution in [1.82, 2.24) is 5.32 Å². The van der Waals surface area contributed by atoms with E-state index in [4.69, 9.17) is 21.1 Å². The molecule has 1 heterocycles. The van der Waals surface area contributed by atoms with Crippen LogP contribution >= 0.6 is 23.4 Å². The summed E-state index contributed by atoms with van der Waals surface area (Å²) in [6.07, 6.45) is 1.45. The number of aromatic hydroxyl groups is 1. The molecule has 0 saturated heterocycles. The molecule has 8 nitrogen and oxygen atoms in total. The number of ether oxygens (including phenoxy) is 2. The highest BCUT2D eigenvalue weighted by Gasteiger charge is 2.36. The Kier molecular flexibility index (Phi) is 9.28. The molecule has 10 heteroatoms. The number of nitrogens with one attached hydrogen (secondary N) is 2. The standard InChI is InChI=1S/C27H26ClN3O5S/c1-5-10-36-27(34)24-16(3)30-26(37-14-23(33)31-18-8-6-15(2)20(28)12-18)19(13-29)25(24)17-7-9-21(32)22(11-17)35-4/h5-9,11-12,25,30,32H,1,10,14H2,2-4H3,(H,31,33)/t25-/m0/s1. The van der Waals surface area contributed by atoms with Crippen molar-refractivity contribution in [3.63, 3.8) is 0 Å². The molecule has 2 aromatic rings. The van der Waals surface area contributed by atoms with Crippen molar-refractivity contribution in [2.24, 2.45) is 0 Å². The van der Waals surface area contributed by atoms with Crippen LogP contribution in [0.4, 0.5) is 5.69 Å². The van der Waals surface area contributed by atoms with Gasteiger partial charge in [-0.3, -0.25) is 4.79 Å². The number of esters is 1. The second kappa shape index (κ2) is 12.4. The van der Waals surface area contributed by atoms with Gasteiger partial charge in [0.15, 0.2) is 11.5 Å². The fraction of sp³-hybridized carbons (Fsp3) is 0.222. The minimum Gasteiger partial charge on any atom is -0.504 e. The Morgan fingerprint density at radius 3 is 2.70 bits per heavy atom. The smallest absolute Gasteiger partial charge is 0.337 e. The number of nitriles is 1. The predicted octanol–water partition coefficient (Wildman–Crippen LogP) is 5.16. The van der Waals surface area contributed by atoms with Crippen LogP contribution in [0.15, 0.2) is 70.9 Å². The van der Waals surface area contributed by atoms with Gasteiger partial charge in [0.05, 0.1) is 41.0 Å².